The van der Waals surface area contributed by atoms with E-state index in [1.54, 1.807) is 6.07 Å². The standard InChI is InChI=1S/C14H18F3NO/c1-3-9(4-2)12-8-18-13-6-5-10(7-11(12)13)19-14(15,16)17/h5-7,9,12,18H,3-4,8H2,1-2H3. The first-order valence-corrected chi connectivity index (χ1v) is 6.58. The number of anilines is 1. The molecule has 0 fully saturated rings. The summed E-state index contributed by atoms with van der Waals surface area (Å²) in [7, 11) is 0. The number of alkyl halides is 3. The van der Waals surface area contributed by atoms with Gasteiger partial charge in [0, 0.05) is 18.2 Å². The average Bonchev–Trinajstić information content (AvgIpc) is 2.72. The molecule has 1 aromatic carbocycles. The Morgan fingerprint density at radius 3 is 2.58 bits per heavy atom. The van der Waals surface area contributed by atoms with Gasteiger partial charge in [-0.1, -0.05) is 26.7 Å². The summed E-state index contributed by atoms with van der Waals surface area (Å²) in [5, 5.41) is 3.25. The van der Waals surface area contributed by atoms with Crippen LogP contribution in [-0.4, -0.2) is 12.9 Å². The maximum atomic E-state index is 12.2. The molecule has 0 aliphatic carbocycles. The SMILES string of the molecule is CCC(CC)C1CNc2ccc(OC(F)(F)F)cc21. The molecule has 0 saturated heterocycles. The summed E-state index contributed by atoms with van der Waals surface area (Å²) in [6.07, 6.45) is -2.59. The van der Waals surface area contributed by atoms with Gasteiger partial charge in [0.2, 0.25) is 0 Å². The highest BCUT2D eigenvalue weighted by molar-refractivity contribution is 5.60. The number of rotatable bonds is 4. The third-order valence-corrected chi connectivity index (χ3v) is 3.79. The normalized spacial score (nSPS) is 18.3. The quantitative estimate of drug-likeness (QED) is 0.870. The first kappa shape index (κ1) is 14.0. The third kappa shape index (κ3) is 3.14. The van der Waals surface area contributed by atoms with E-state index in [9.17, 15) is 13.2 Å². The van der Waals surface area contributed by atoms with Crippen molar-refractivity contribution in [3.63, 3.8) is 0 Å². The third-order valence-electron chi connectivity index (χ3n) is 3.79. The van der Waals surface area contributed by atoms with E-state index in [1.807, 2.05) is 0 Å². The van der Waals surface area contributed by atoms with Gasteiger partial charge in [-0.15, -0.1) is 13.2 Å². The molecule has 19 heavy (non-hydrogen) atoms. The second-order valence-electron chi connectivity index (χ2n) is 4.86. The molecule has 1 aliphatic rings. The molecule has 1 heterocycles. The molecule has 0 bridgehead atoms. The second-order valence-corrected chi connectivity index (χ2v) is 4.86. The van der Waals surface area contributed by atoms with E-state index in [2.05, 4.69) is 23.9 Å². The van der Waals surface area contributed by atoms with Gasteiger partial charge >= 0.3 is 6.36 Å². The maximum absolute atomic E-state index is 12.2. The van der Waals surface area contributed by atoms with Crippen LogP contribution in [0.3, 0.4) is 0 Å². The van der Waals surface area contributed by atoms with Crippen LogP contribution in [0.15, 0.2) is 18.2 Å². The number of ether oxygens (including phenoxy) is 1. The Morgan fingerprint density at radius 2 is 2.00 bits per heavy atom. The predicted octanol–water partition coefficient (Wildman–Crippen LogP) is 4.53. The van der Waals surface area contributed by atoms with Gasteiger partial charge in [0.1, 0.15) is 5.75 Å². The fourth-order valence-corrected chi connectivity index (χ4v) is 2.81. The molecule has 0 aromatic heterocycles. The second kappa shape index (κ2) is 5.31. The van der Waals surface area contributed by atoms with E-state index in [0.717, 1.165) is 30.6 Å². The first-order chi connectivity index (χ1) is 8.94. The summed E-state index contributed by atoms with van der Waals surface area (Å²) in [5.74, 6) is 0.613. The number of fused-ring (bicyclic) bond motifs is 1. The average molecular weight is 273 g/mol. The minimum atomic E-state index is -4.63. The molecule has 2 rings (SSSR count). The molecule has 106 valence electrons. The lowest BCUT2D eigenvalue weighted by atomic mass is 9.84. The van der Waals surface area contributed by atoms with Crippen molar-refractivity contribution in [1.82, 2.24) is 0 Å². The van der Waals surface area contributed by atoms with Crippen molar-refractivity contribution in [1.29, 1.82) is 0 Å². The van der Waals surface area contributed by atoms with Crippen LogP contribution in [0.25, 0.3) is 0 Å². The van der Waals surface area contributed by atoms with Crippen LogP contribution in [0, 0.1) is 5.92 Å². The van der Waals surface area contributed by atoms with Gasteiger partial charge in [-0.25, -0.2) is 0 Å². The van der Waals surface area contributed by atoms with Crippen LogP contribution < -0.4 is 10.1 Å². The van der Waals surface area contributed by atoms with Gasteiger partial charge in [-0.05, 0) is 29.7 Å². The van der Waals surface area contributed by atoms with E-state index < -0.39 is 6.36 Å². The molecule has 0 amide bonds. The van der Waals surface area contributed by atoms with Crippen LogP contribution in [-0.2, 0) is 0 Å². The van der Waals surface area contributed by atoms with Crippen molar-refractivity contribution < 1.29 is 17.9 Å². The summed E-state index contributed by atoms with van der Waals surface area (Å²) < 4.78 is 40.7. The van der Waals surface area contributed by atoms with Gasteiger partial charge in [0.25, 0.3) is 0 Å². The first-order valence-electron chi connectivity index (χ1n) is 6.58. The van der Waals surface area contributed by atoms with Crippen molar-refractivity contribution in [2.24, 2.45) is 5.92 Å². The molecule has 0 saturated carbocycles. The van der Waals surface area contributed by atoms with Gasteiger partial charge in [0.15, 0.2) is 0 Å². The molecule has 1 aromatic rings. The van der Waals surface area contributed by atoms with E-state index in [1.165, 1.54) is 12.1 Å². The predicted molar refractivity (Wildman–Crippen MR) is 68.4 cm³/mol. The highest BCUT2D eigenvalue weighted by Crippen LogP contribution is 2.41. The summed E-state index contributed by atoms with van der Waals surface area (Å²) >= 11 is 0. The number of nitrogens with one attached hydrogen (secondary N) is 1. The topological polar surface area (TPSA) is 21.3 Å². The van der Waals surface area contributed by atoms with Crippen molar-refractivity contribution in [3.05, 3.63) is 23.8 Å². The minimum Gasteiger partial charge on any atom is -0.406 e. The fourth-order valence-electron chi connectivity index (χ4n) is 2.81. The summed E-state index contributed by atoms with van der Waals surface area (Å²) in [4.78, 5) is 0. The van der Waals surface area contributed by atoms with Crippen LogP contribution in [0.5, 0.6) is 5.75 Å². The number of hydrogen-bond acceptors (Lipinski definition) is 2. The molecular formula is C14H18F3NO. The van der Waals surface area contributed by atoms with Gasteiger partial charge < -0.3 is 10.1 Å². The lowest BCUT2D eigenvalue weighted by Gasteiger charge is -2.21. The number of halogens is 3. The van der Waals surface area contributed by atoms with Crippen molar-refractivity contribution >= 4 is 5.69 Å². The Kier molecular flexibility index (Phi) is 3.92. The fraction of sp³-hybridized carbons (Fsp3) is 0.571. The lowest BCUT2D eigenvalue weighted by molar-refractivity contribution is -0.274. The highest BCUT2D eigenvalue weighted by Gasteiger charge is 2.33. The zero-order valence-electron chi connectivity index (χ0n) is 11.1. The van der Waals surface area contributed by atoms with Crippen LogP contribution in [0.4, 0.5) is 18.9 Å². The largest absolute Gasteiger partial charge is 0.573 e. The molecule has 1 atom stereocenters. The molecule has 1 N–H and O–H groups in total. The summed E-state index contributed by atoms with van der Waals surface area (Å²) in [6, 6.07) is 4.54. The van der Waals surface area contributed by atoms with E-state index in [4.69, 9.17) is 0 Å². The summed E-state index contributed by atoms with van der Waals surface area (Å²) in [5.41, 5.74) is 1.86. The minimum absolute atomic E-state index is 0.133. The zero-order valence-corrected chi connectivity index (χ0v) is 11.1. The van der Waals surface area contributed by atoms with Gasteiger partial charge in [0.05, 0.1) is 0 Å². The molecular weight excluding hydrogens is 255 g/mol. The van der Waals surface area contributed by atoms with Crippen molar-refractivity contribution in [2.45, 2.75) is 39.0 Å². The van der Waals surface area contributed by atoms with Gasteiger partial charge in [-0.2, -0.15) is 0 Å². The number of benzene rings is 1. The monoisotopic (exact) mass is 273 g/mol. The lowest BCUT2D eigenvalue weighted by Crippen LogP contribution is -2.17. The Morgan fingerprint density at radius 1 is 1.32 bits per heavy atom. The van der Waals surface area contributed by atoms with Crippen LogP contribution in [0.2, 0.25) is 0 Å². The van der Waals surface area contributed by atoms with Crippen molar-refractivity contribution in [2.75, 3.05) is 11.9 Å². The smallest absolute Gasteiger partial charge is 0.406 e. The Bertz CT molecular complexity index is 441. The summed E-state index contributed by atoms with van der Waals surface area (Å²) in [6.45, 7) is 5.02. The highest BCUT2D eigenvalue weighted by atomic mass is 19.4. The Labute approximate surface area is 111 Å². The number of hydrogen-bond donors (Lipinski definition) is 1. The van der Waals surface area contributed by atoms with E-state index in [0.29, 0.717) is 5.92 Å². The van der Waals surface area contributed by atoms with E-state index in [-0.39, 0.29) is 11.7 Å². The van der Waals surface area contributed by atoms with Crippen LogP contribution >= 0.6 is 0 Å². The molecule has 2 nitrogen and oxygen atoms in total. The van der Waals surface area contributed by atoms with Crippen LogP contribution in [0.1, 0.15) is 38.2 Å². The van der Waals surface area contributed by atoms with Crippen molar-refractivity contribution in [3.8, 4) is 5.75 Å². The zero-order chi connectivity index (χ0) is 14.0. The van der Waals surface area contributed by atoms with Gasteiger partial charge in [-0.3, -0.25) is 0 Å². The Hall–Kier alpha value is -1.39. The Balaban J connectivity index is 2.25. The maximum Gasteiger partial charge on any atom is 0.573 e. The molecule has 1 unspecified atom stereocenters. The molecule has 0 spiro atoms. The molecule has 1 aliphatic heterocycles. The van der Waals surface area contributed by atoms with E-state index >= 15 is 0 Å². The molecule has 0 radical (unpaired) electrons. The molecule has 5 heteroatoms.